The minimum Gasteiger partial charge on any atom is -0.480 e. The number of aliphatic carboxylic acids is 1. The second kappa shape index (κ2) is 10.1. The second-order valence-corrected chi connectivity index (χ2v) is 6.18. The summed E-state index contributed by atoms with van der Waals surface area (Å²) in [6.07, 6.45) is -0.770. The van der Waals surface area contributed by atoms with Crippen molar-refractivity contribution < 1.29 is 33.1 Å². The maximum Gasteiger partial charge on any atom is 0.322 e. The van der Waals surface area contributed by atoms with Crippen LogP contribution < -0.4 is 5.32 Å². The zero-order valence-corrected chi connectivity index (χ0v) is 15.2. The monoisotopic (exact) mass is 404 g/mol. The Labute approximate surface area is 164 Å². The van der Waals surface area contributed by atoms with Crippen molar-refractivity contribution >= 4 is 23.6 Å². The topological polar surface area (TPSA) is 104 Å². The van der Waals surface area contributed by atoms with Gasteiger partial charge in [-0.15, -0.1) is 0 Å². The molecule has 0 aliphatic rings. The first-order chi connectivity index (χ1) is 13.7. The molecular formula is C20H18F2N2O5. The van der Waals surface area contributed by atoms with E-state index >= 15 is 0 Å². The SMILES string of the molecule is O=C(O)CNC(=O)C(=O)CC(=O)N(Cc1ccc(F)cc1)Cc1ccc(F)cc1. The van der Waals surface area contributed by atoms with Crippen molar-refractivity contribution in [1.29, 1.82) is 0 Å². The van der Waals surface area contributed by atoms with Crippen molar-refractivity contribution in [3.63, 3.8) is 0 Å². The van der Waals surface area contributed by atoms with Gasteiger partial charge >= 0.3 is 5.97 Å². The molecule has 152 valence electrons. The van der Waals surface area contributed by atoms with E-state index in [9.17, 15) is 28.0 Å². The molecule has 7 nitrogen and oxygen atoms in total. The number of ketones is 1. The minimum atomic E-state index is -1.33. The van der Waals surface area contributed by atoms with Crippen LogP contribution in [0.15, 0.2) is 48.5 Å². The van der Waals surface area contributed by atoms with Crippen molar-refractivity contribution in [2.75, 3.05) is 6.54 Å². The molecule has 0 aromatic heterocycles. The fourth-order valence-electron chi connectivity index (χ4n) is 2.44. The van der Waals surface area contributed by atoms with Gasteiger partial charge in [0.05, 0.1) is 6.42 Å². The summed E-state index contributed by atoms with van der Waals surface area (Å²) in [5.41, 5.74) is 1.18. The molecule has 0 spiro atoms. The van der Waals surface area contributed by atoms with Gasteiger partial charge in [0.25, 0.3) is 5.91 Å². The van der Waals surface area contributed by atoms with Crippen LogP contribution in [-0.2, 0) is 32.3 Å². The third kappa shape index (κ3) is 7.13. The Hall–Kier alpha value is -3.62. The van der Waals surface area contributed by atoms with Gasteiger partial charge in [0, 0.05) is 13.1 Å². The van der Waals surface area contributed by atoms with Crippen molar-refractivity contribution in [2.24, 2.45) is 0 Å². The highest BCUT2D eigenvalue weighted by molar-refractivity contribution is 6.39. The molecule has 0 fully saturated rings. The molecule has 2 amide bonds. The number of halogens is 2. The largest absolute Gasteiger partial charge is 0.480 e. The van der Waals surface area contributed by atoms with Gasteiger partial charge in [-0.3, -0.25) is 19.2 Å². The normalized spacial score (nSPS) is 10.3. The van der Waals surface area contributed by atoms with Gasteiger partial charge < -0.3 is 15.3 Å². The van der Waals surface area contributed by atoms with Gasteiger partial charge in [-0.2, -0.15) is 0 Å². The summed E-state index contributed by atoms with van der Waals surface area (Å²) in [4.78, 5) is 47.9. The molecule has 0 aliphatic carbocycles. The Morgan fingerprint density at radius 1 is 0.828 bits per heavy atom. The van der Waals surface area contributed by atoms with E-state index in [4.69, 9.17) is 5.11 Å². The van der Waals surface area contributed by atoms with E-state index in [1.165, 1.54) is 53.4 Å². The lowest BCUT2D eigenvalue weighted by Crippen LogP contribution is -2.38. The van der Waals surface area contributed by atoms with Gasteiger partial charge in [-0.05, 0) is 35.4 Å². The van der Waals surface area contributed by atoms with E-state index in [0.29, 0.717) is 11.1 Å². The first-order valence-corrected chi connectivity index (χ1v) is 8.54. The van der Waals surface area contributed by atoms with Gasteiger partial charge in [0.15, 0.2) is 0 Å². The molecule has 2 aromatic carbocycles. The molecule has 2 aromatic rings. The van der Waals surface area contributed by atoms with Crippen LogP contribution in [-0.4, -0.2) is 40.1 Å². The third-order valence-electron chi connectivity index (χ3n) is 3.89. The lowest BCUT2D eigenvalue weighted by atomic mass is 10.1. The molecule has 0 bridgehead atoms. The Balaban J connectivity index is 2.11. The predicted octanol–water partition coefficient (Wildman–Crippen LogP) is 1.65. The zero-order valence-electron chi connectivity index (χ0n) is 15.2. The molecule has 0 saturated heterocycles. The summed E-state index contributed by atoms with van der Waals surface area (Å²) >= 11 is 0. The van der Waals surface area contributed by atoms with Crippen LogP contribution >= 0.6 is 0 Å². The van der Waals surface area contributed by atoms with Crippen LogP contribution in [0, 0.1) is 11.6 Å². The lowest BCUT2D eigenvalue weighted by Gasteiger charge is -2.23. The number of nitrogens with one attached hydrogen (secondary N) is 1. The molecule has 29 heavy (non-hydrogen) atoms. The number of carboxylic acid groups (broad SMARTS) is 1. The molecule has 0 radical (unpaired) electrons. The number of amides is 2. The molecule has 0 saturated carbocycles. The number of benzene rings is 2. The number of hydrogen-bond donors (Lipinski definition) is 2. The Kier molecular flexibility index (Phi) is 7.53. The third-order valence-corrected chi connectivity index (χ3v) is 3.89. The lowest BCUT2D eigenvalue weighted by molar-refractivity contribution is -0.144. The molecule has 0 heterocycles. The van der Waals surface area contributed by atoms with Crippen LogP contribution in [0.25, 0.3) is 0 Å². The van der Waals surface area contributed by atoms with E-state index in [2.05, 4.69) is 0 Å². The number of Topliss-reactive ketones (excluding diaryl/α,β-unsaturated/α-hetero) is 1. The number of hydrogen-bond acceptors (Lipinski definition) is 4. The molecular weight excluding hydrogens is 386 g/mol. The van der Waals surface area contributed by atoms with Crippen LogP contribution in [0.4, 0.5) is 8.78 Å². The number of carbonyl (C=O) groups excluding carboxylic acids is 3. The summed E-state index contributed by atoms with van der Waals surface area (Å²) in [5.74, 6) is -5.17. The highest BCUT2D eigenvalue weighted by Gasteiger charge is 2.23. The fraction of sp³-hybridized carbons (Fsp3) is 0.200. The quantitative estimate of drug-likeness (QED) is 0.489. The Morgan fingerprint density at radius 3 is 1.69 bits per heavy atom. The van der Waals surface area contributed by atoms with Crippen molar-refractivity contribution in [2.45, 2.75) is 19.5 Å². The highest BCUT2D eigenvalue weighted by atomic mass is 19.1. The fourth-order valence-corrected chi connectivity index (χ4v) is 2.44. The molecule has 9 heteroatoms. The summed E-state index contributed by atoms with van der Waals surface area (Å²) in [5, 5.41) is 10.4. The van der Waals surface area contributed by atoms with E-state index in [0.717, 1.165) is 0 Å². The van der Waals surface area contributed by atoms with Gasteiger partial charge in [-0.25, -0.2) is 8.78 Å². The smallest absolute Gasteiger partial charge is 0.322 e. The summed E-state index contributed by atoms with van der Waals surface area (Å²) in [6.45, 7) is -0.686. The van der Waals surface area contributed by atoms with Gasteiger partial charge in [-0.1, -0.05) is 24.3 Å². The van der Waals surface area contributed by atoms with E-state index in [1.807, 2.05) is 5.32 Å². The molecule has 2 N–H and O–H groups in total. The van der Waals surface area contributed by atoms with Crippen molar-refractivity contribution in [3.05, 3.63) is 71.3 Å². The standard InChI is InChI=1S/C20H18F2N2O5/c21-15-5-1-13(2-6-15)11-24(12-14-3-7-16(22)8-4-14)18(26)9-17(25)20(29)23-10-19(27)28/h1-8H,9-12H2,(H,23,29)(H,27,28). The van der Waals surface area contributed by atoms with E-state index < -0.39 is 48.2 Å². The highest BCUT2D eigenvalue weighted by Crippen LogP contribution is 2.13. The van der Waals surface area contributed by atoms with E-state index in [-0.39, 0.29) is 13.1 Å². The first-order valence-electron chi connectivity index (χ1n) is 8.54. The van der Waals surface area contributed by atoms with Gasteiger partial charge in [0.1, 0.15) is 18.2 Å². The van der Waals surface area contributed by atoms with Crippen LogP contribution in [0.5, 0.6) is 0 Å². The first kappa shape index (κ1) is 21.7. The van der Waals surface area contributed by atoms with Crippen LogP contribution in [0.1, 0.15) is 17.5 Å². The summed E-state index contributed by atoms with van der Waals surface area (Å²) in [7, 11) is 0. The van der Waals surface area contributed by atoms with E-state index in [1.54, 1.807) is 0 Å². The maximum atomic E-state index is 13.1. The zero-order chi connectivity index (χ0) is 21.4. The molecule has 0 atom stereocenters. The number of carboxylic acids is 1. The molecule has 0 aliphatic heterocycles. The molecule has 0 unspecified atom stereocenters. The number of rotatable bonds is 9. The van der Waals surface area contributed by atoms with Crippen molar-refractivity contribution in [1.82, 2.24) is 10.2 Å². The van der Waals surface area contributed by atoms with Crippen LogP contribution in [0.3, 0.4) is 0 Å². The minimum absolute atomic E-state index is 0.0283. The number of nitrogens with zero attached hydrogens (tertiary/aromatic N) is 1. The summed E-state index contributed by atoms with van der Waals surface area (Å²) in [6, 6.07) is 10.8. The predicted molar refractivity (Wildman–Crippen MR) is 97.3 cm³/mol. The van der Waals surface area contributed by atoms with Crippen LogP contribution in [0.2, 0.25) is 0 Å². The molecule has 2 rings (SSSR count). The second-order valence-electron chi connectivity index (χ2n) is 6.18. The van der Waals surface area contributed by atoms with Crippen molar-refractivity contribution in [3.8, 4) is 0 Å². The maximum absolute atomic E-state index is 13.1. The number of carbonyl (C=O) groups is 4. The Morgan fingerprint density at radius 2 is 1.28 bits per heavy atom. The summed E-state index contributed by atoms with van der Waals surface area (Å²) < 4.78 is 26.2. The van der Waals surface area contributed by atoms with Gasteiger partial charge in [0.2, 0.25) is 11.7 Å². The average molecular weight is 404 g/mol. The average Bonchev–Trinajstić information content (AvgIpc) is 2.68. The Bertz CT molecular complexity index is 851.